The van der Waals surface area contributed by atoms with Crippen molar-refractivity contribution in [2.24, 2.45) is 11.8 Å². The zero-order valence-corrected chi connectivity index (χ0v) is 12.2. The Morgan fingerprint density at radius 2 is 1.71 bits per heavy atom. The fourth-order valence-electron chi connectivity index (χ4n) is 3.24. The topological polar surface area (TPSA) is 23.5 Å². The molecule has 0 radical (unpaired) electrons. The van der Waals surface area contributed by atoms with Crippen LogP contribution in [0.5, 0.6) is 0 Å². The zero-order valence-electron chi connectivity index (χ0n) is 12.2. The molecule has 1 aliphatic rings. The predicted molar refractivity (Wildman–Crippen MR) is 73.9 cm³/mol. The minimum Gasteiger partial charge on any atom is -0.379 e. The van der Waals surface area contributed by atoms with Crippen LogP contribution in [0.4, 0.5) is 0 Å². The van der Waals surface area contributed by atoms with Crippen molar-refractivity contribution >= 4 is 0 Å². The SMILES string of the molecule is CCC(C)C1CCCCCCC1N(C)C(C)O. The van der Waals surface area contributed by atoms with Crippen molar-refractivity contribution < 1.29 is 5.11 Å². The van der Waals surface area contributed by atoms with E-state index in [0.717, 1.165) is 11.8 Å². The summed E-state index contributed by atoms with van der Waals surface area (Å²) in [7, 11) is 2.09. The second kappa shape index (κ2) is 7.38. The van der Waals surface area contributed by atoms with Crippen LogP contribution < -0.4 is 0 Å². The first-order chi connectivity index (χ1) is 8.07. The predicted octanol–water partition coefficient (Wildman–Crippen LogP) is 3.64. The van der Waals surface area contributed by atoms with E-state index in [-0.39, 0.29) is 6.23 Å². The van der Waals surface area contributed by atoms with Gasteiger partial charge in [0.1, 0.15) is 6.23 Å². The summed E-state index contributed by atoms with van der Waals surface area (Å²) >= 11 is 0. The van der Waals surface area contributed by atoms with Crippen molar-refractivity contribution in [2.75, 3.05) is 7.05 Å². The van der Waals surface area contributed by atoms with Crippen LogP contribution in [0.25, 0.3) is 0 Å². The van der Waals surface area contributed by atoms with E-state index < -0.39 is 0 Å². The Balaban J connectivity index is 2.74. The molecule has 1 fully saturated rings. The van der Waals surface area contributed by atoms with E-state index in [1.165, 1.54) is 44.9 Å². The Hall–Kier alpha value is -0.0800. The third-order valence-corrected chi connectivity index (χ3v) is 4.77. The molecule has 2 heteroatoms. The van der Waals surface area contributed by atoms with Gasteiger partial charge in [-0.3, -0.25) is 4.90 Å². The summed E-state index contributed by atoms with van der Waals surface area (Å²) in [5.41, 5.74) is 0. The molecule has 0 aromatic heterocycles. The van der Waals surface area contributed by atoms with Gasteiger partial charge in [-0.1, -0.05) is 46.0 Å². The van der Waals surface area contributed by atoms with Crippen molar-refractivity contribution in [3.8, 4) is 0 Å². The van der Waals surface area contributed by atoms with Crippen molar-refractivity contribution in [1.82, 2.24) is 4.90 Å². The Labute approximate surface area is 107 Å². The third kappa shape index (κ3) is 4.26. The molecular weight excluding hydrogens is 210 g/mol. The number of hydrogen-bond acceptors (Lipinski definition) is 2. The van der Waals surface area contributed by atoms with Gasteiger partial charge in [-0.15, -0.1) is 0 Å². The smallest absolute Gasteiger partial charge is 0.104 e. The highest BCUT2D eigenvalue weighted by atomic mass is 16.3. The molecule has 1 rings (SSSR count). The molecule has 0 aromatic carbocycles. The van der Waals surface area contributed by atoms with Gasteiger partial charge in [0.05, 0.1) is 0 Å². The average molecular weight is 241 g/mol. The lowest BCUT2D eigenvalue weighted by molar-refractivity contribution is -0.0256. The van der Waals surface area contributed by atoms with Gasteiger partial charge in [-0.05, 0) is 38.6 Å². The summed E-state index contributed by atoms with van der Waals surface area (Å²) in [6, 6.07) is 0.574. The van der Waals surface area contributed by atoms with Crippen molar-refractivity contribution in [3.63, 3.8) is 0 Å². The van der Waals surface area contributed by atoms with Gasteiger partial charge in [0.15, 0.2) is 0 Å². The molecule has 0 aliphatic heterocycles. The normalized spacial score (nSPS) is 30.7. The summed E-state index contributed by atoms with van der Waals surface area (Å²) in [6.45, 7) is 6.57. The Morgan fingerprint density at radius 3 is 2.24 bits per heavy atom. The highest BCUT2D eigenvalue weighted by Gasteiger charge is 2.30. The standard InChI is InChI=1S/C15H31NO/c1-5-12(2)14-10-8-6-7-9-11-15(14)16(4)13(3)17/h12-15,17H,5-11H2,1-4H3. The maximum atomic E-state index is 9.83. The van der Waals surface area contributed by atoms with Gasteiger partial charge in [0.25, 0.3) is 0 Å². The maximum Gasteiger partial charge on any atom is 0.104 e. The Bertz CT molecular complexity index is 205. The lowest BCUT2D eigenvalue weighted by Crippen LogP contribution is -2.45. The van der Waals surface area contributed by atoms with E-state index in [1.807, 2.05) is 6.92 Å². The molecule has 1 aliphatic carbocycles. The quantitative estimate of drug-likeness (QED) is 0.760. The van der Waals surface area contributed by atoms with Crippen LogP contribution in [0.2, 0.25) is 0 Å². The lowest BCUT2D eigenvalue weighted by Gasteiger charge is -2.40. The highest BCUT2D eigenvalue weighted by molar-refractivity contribution is 4.83. The molecule has 0 bridgehead atoms. The van der Waals surface area contributed by atoms with E-state index in [9.17, 15) is 5.11 Å². The molecule has 0 heterocycles. The molecule has 0 spiro atoms. The average Bonchev–Trinajstić information content (AvgIpc) is 2.27. The summed E-state index contributed by atoms with van der Waals surface area (Å²) in [4.78, 5) is 2.20. The van der Waals surface area contributed by atoms with Gasteiger partial charge in [-0.25, -0.2) is 0 Å². The van der Waals surface area contributed by atoms with Crippen LogP contribution >= 0.6 is 0 Å². The zero-order chi connectivity index (χ0) is 12.8. The van der Waals surface area contributed by atoms with Crippen LogP contribution in [0.3, 0.4) is 0 Å². The minimum absolute atomic E-state index is 0.314. The Kier molecular flexibility index (Phi) is 6.50. The second-order valence-electron chi connectivity index (χ2n) is 5.91. The summed E-state index contributed by atoms with van der Waals surface area (Å²) in [5, 5.41) is 9.83. The van der Waals surface area contributed by atoms with E-state index in [2.05, 4.69) is 25.8 Å². The number of aliphatic hydroxyl groups excluding tert-OH is 1. The number of nitrogens with zero attached hydrogens (tertiary/aromatic N) is 1. The van der Waals surface area contributed by atoms with Crippen LogP contribution in [0, 0.1) is 11.8 Å². The van der Waals surface area contributed by atoms with E-state index in [0.29, 0.717) is 6.04 Å². The number of hydrogen-bond donors (Lipinski definition) is 1. The summed E-state index contributed by atoms with van der Waals surface area (Å²) < 4.78 is 0. The van der Waals surface area contributed by atoms with Gasteiger partial charge >= 0.3 is 0 Å². The minimum atomic E-state index is -0.314. The van der Waals surface area contributed by atoms with Gasteiger partial charge in [0.2, 0.25) is 0 Å². The molecule has 0 aromatic rings. The van der Waals surface area contributed by atoms with Gasteiger partial charge in [0, 0.05) is 6.04 Å². The molecule has 0 amide bonds. The number of aliphatic hydroxyl groups is 1. The third-order valence-electron chi connectivity index (χ3n) is 4.77. The summed E-state index contributed by atoms with van der Waals surface area (Å²) in [5.74, 6) is 1.54. The van der Waals surface area contributed by atoms with E-state index in [4.69, 9.17) is 0 Å². The maximum absolute atomic E-state index is 9.83. The van der Waals surface area contributed by atoms with Crippen molar-refractivity contribution in [2.45, 2.75) is 78.0 Å². The molecule has 4 unspecified atom stereocenters. The first kappa shape index (κ1) is 15.0. The first-order valence-corrected chi connectivity index (χ1v) is 7.48. The first-order valence-electron chi connectivity index (χ1n) is 7.48. The molecule has 1 N–H and O–H groups in total. The fourth-order valence-corrected chi connectivity index (χ4v) is 3.24. The second-order valence-corrected chi connectivity index (χ2v) is 5.91. The molecule has 4 atom stereocenters. The van der Waals surface area contributed by atoms with E-state index >= 15 is 0 Å². The molecule has 2 nitrogen and oxygen atoms in total. The van der Waals surface area contributed by atoms with Crippen LogP contribution in [0.1, 0.15) is 65.7 Å². The highest BCUT2D eigenvalue weighted by Crippen LogP contribution is 2.33. The summed E-state index contributed by atoms with van der Waals surface area (Å²) in [6.07, 6.45) is 9.02. The largest absolute Gasteiger partial charge is 0.379 e. The monoisotopic (exact) mass is 241 g/mol. The molecule has 17 heavy (non-hydrogen) atoms. The molecule has 102 valence electrons. The van der Waals surface area contributed by atoms with Crippen molar-refractivity contribution in [1.29, 1.82) is 0 Å². The molecule has 1 saturated carbocycles. The van der Waals surface area contributed by atoms with Gasteiger partial charge < -0.3 is 5.11 Å². The van der Waals surface area contributed by atoms with E-state index in [1.54, 1.807) is 0 Å². The van der Waals surface area contributed by atoms with Gasteiger partial charge in [-0.2, -0.15) is 0 Å². The van der Waals surface area contributed by atoms with Crippen LogP contribution in [-0.2, 0) is 0 Å². The Morgan fingerprint density at radius 1 is 1.12 bits per heavy atom. The molecular formula is C15H31NO. The fraction of sp³-hybridized carbons (Fsp3) is 1.00. The number of rotatable bonds is 4. The van der Waals surface area contributed by atoms with Crippen molar-refractivity contribution in [3.05, 3.63) is 0 Å². The molecule has 0 saturated heterocycles. The lowest BCUT2D eigenvalue weighted by atomic mass is 9.77. The van der Waals surface area contributed by atoms with Crippen LogP contribution in [0.15, 0.2) is 0 Å². The van der Waals surface area contributed by atoms with Crippen LogP contribution in [-0.4, -0.2) is 29.3 Å².